The molecule has 1 amide bonds. The first kappa shape index (κ1) is 13.1. The molecule has 0 aliphatic heterocycles. The van der Waals surface area contributed by atoms with Gasteiger partial charge < -0.3 is 11.1 Å². The van der Waals surface area contributed by atoms with Gasteiger partial charge in [-0.3, -0.25) is 14.9 Å². The molecule has 1 rings (SSSR count). The molecule has 0 radical (unpaired) electrons. The number of hydrogen-bond donors (Lipinski definition) is 2. The minimum atomic E-state index is -0.760. The highest BCUT2D eigenvalue weighted by Crippen LogP contribution is 2.25. The second kappa shape index (κ2) is 4.92. The molecule has 0 saturated heterocycles. The lowest BCUT2D eigenvalue weighted by atomic mass is 9.92. The Bertz CT molecular complexity index is 443. The summed E-state index contributed by atoms with van der Waals surface area (Å²) in [6, 6.07) is 5.99. The van der Waals surface area contributed by atoms with E-state index in [1.165, 1.54) is 12.1 Å². The maximum Gasteiger partial charge on any atom is 0.292 e. The van der Waals surface area contributed by atoms with Crippen molar-refractivity contribution in [3.63, 3.8) is 0 Å². The fraction of sp³-hybridized carbons (Fsp3) is 0.364. The summed E-state index contributed by atoms with van der Waals surface area (Å²) in [5.74, 6) is -0.339. The number of nitro benzene ring substituents is 1. The van der Waals surface area contributed by atoms with Crippen LogP contribution in [0.4, 0.5) is 11.4 Å². The molecule has 0 aromatic heterocycles. The van der Waals surface area contributed by atoms with E-state index in [9.17, 15) is 14.9 Å². The average molecular weight is 237 g/mol. The minimum absolute atomic E-state index is 0.131. The van der Waals surface area contributed by atoms with Gasteiger partial charge in [0.2, 0.25) is 5.91 Å². The standard InChI is InChI=1S/C11H15N3O3/c1-11(2,7-12)10(15)13-8-5-3-4-6-9(8)14(16)17/h3-6H,7,12H2,1-2H3,(H,13,15). The van der Waals surface area contributed by atoms with Crippen molar-refractivity contribution >= 4 is 17.3 Å². The Balaban J connectivity index is 2.97. The molecule has 0 saturated carbocycles. The number of para-hydroxylation sites is 2. The predicted molar refractivity (Wildman–Crippen MR) is 64.6 cm³/mol. The lowest BCUT2D eigenvalue weighted by Crippen LogP contribution is -2.37. The highest BCUT2D eigenvalue weighted by atomic mass is 16.6. The maximum absolute atomic E-state index is 11.8. The van der Waals surface area contributed by atoms with Gasteiger partial charge in [0.05, 0.1) is 10.3 Å². The Morgan fingerprint density at radius 3 is 2.59 bits per heavy atom. The topological polar surface area (TPSA) is 98.3 Å². The first-order valence-corrected chi connectivity index (χ1v) is 5.13. The van der Waals surface area contributed by atoms with Gasteiger partial charge in [-0.2, -0.15) is 0 Å². The molecule has 3 N–H and O–H groups in total. The normalized spacial score (nSPS) is 11.0. The Hall–Kier alpha value is -1.95. The van der Waals surface area contributed by atoms with Crippen molar-refractivity contribution in [3.8, 4) is 0 Å². The third-order valence-corrected chi connectivity index (χ3v) is 2.47. The fourth-order valence-corrected chi connectivity index (χ4v) is 1.12. The van der Waals surface area contributed by atoms with E-state index in [1.54, 1.807) is 26.0 Å². The van der Waals surface area contributed by atoms with E-state index in [2.05, 4.69) is 5.32 Å². The highest BCUT2D eigenvalue weighted by Gasteiger charge is 2.27. The molecular formula is C11H15N3O3. The molecule has 0 heterocycles. The second-order valence-electron chi connectivity index (χ2n) is 4.32. The Kier molecular flexibility index (Phi) is 3.80. The lowest BCUT2D eigenvalue weighted by Gasteiger charge is -2.21. The first-order chi connectivity index (χ1) is 7.88. The first-order valence-electron chi connectivity index (χ1n) is 5.13. The number of nitrogens with zero attached hydrogens (tertiary/aromatic N) is 1. The van der Waals surface area contributed by atoms with Crippen molar-refractivity contribution in [1.82, 2.24) is 0 Å². The summed E-state index contributed by atoms with van der Waals surface area (Å²) in [5.41, 5.74) is 4.76. The number of nitro groups is 1. The molecule has 0 aliphatic rings. The minimum Gasteiger partial charge on any atom is -0.329 e. The highest BCUT2D eigenvalue weighted by molar-refractivity contribution is 5.96. The van der Waals surface area contributed by atoms with E-state index in [0.717, 1.165) is 0 Å². The van der Waals surface area contributed by atoms with Gasteiger partial charge in [-0.1, -0.05) is 12.1 Å². The number of nitrogens with one attached hydrogen (secondary N) is 1. The van der Waals surface area contributed by atoms with Crippen molar-refractivity contribution < 1.29 is 9.72 Å². The van der Waals surface area contributed by atoms with E-state index >= 15 is 0 Å². The van der Waals surface area contributed by atoms with Crippen molar-refractivity contribution in [2.75, 3.05) is 11.9 Å². The molecule has 0 atom stereocenters. The third-order valence-electron chi connectivity index (χ3n) is 2.47. The molecule has 92 valence electrons. The number of amides is 1. The summed E-state index contributed by atoms with van der Waals surface area (Å²) in [4.78, 5) is 22.0. The number of nitrogens with two attached hydrogens (primary N) is 1. The maximum atomic E-state index is 11.8. The van der Waals surface area contributed by atoms with Crippen LogP contribution >= 0.6 is 0 Å². The van der Waals surface area contributed by atoms with Crippen molar-refractivity contribution in [3.05, 3.63) is 34.4 Å². The van der Waals surface area contributed by atoms with Gasteiger partial charge in [0.1, 0.15) is 5.69 Å². The number of carbonyl (C=O) groups excluding carboxylic acids is 1. The summed E-state index contributed by atoms with van der Waals surface area (Å²) < 4.78 is 0. The van der Waals surface area contributed by atoms with Crippen LogP contribution in [0.25, 0.3) is 0 Å². The Labute approximate surface area is 99.0 Å². The zero-order valence-corrected chi connectivity index (χ0v) is 9.77. The van der Waals surface area contributed by atoms with E-state index in [0.29, 0.717) is 0 Å². The molecule has 6 nitrogen and oxygen atoms in total. The van der Waals surface area contributed by atoms with Crippen LogP contribution in [0.1, 0.15) is 13.8 Å². The monoisotopic (exact) mass is 237 g/mol. The number of anilines is 1. The summed E-state index contributed by atoms with van der Waals surface area (Å²) in [6.07, 6.45) is 0. The van der Waals surface area contributed by atoms with Gasteiger partial charge in [-0.25, -0.2) is 0 Å². The van der Waals surface area contributed by atoms with Crippen LogP contribution in [0.15, 0.2) is 24.3 Å². The number of hydrogen-bond acceptors (Lipinski definition) is 4. The van der Waals surface area contributed by atoms with E-state index in [-0.39, 0.29) is 23.8 Å². The molecule has 1 aromatic carbocycles. The van der Waals surface area contributed by atoms with E-state index in [4.69, 9.17) is 5.73 Å². The van der Waals surface area contributed by atoms with Crippen molar-refractivity contribution in [2.24, 2.45) is 11.1 Å². The summed E-state index contributed by atoms with van der Waals surface area (Å²) >= 11 is 0. The van der Waals surface area contributed by atoms with Gasteiger partial charge in [0, 0.05) is 12.6 Å². The summed E-state index contributed by atoms with van der Waals surface area (Å²) in [5, 5.41) is 13.3. The number of rotatable bonds is 4. The van der Waals surface area contributed by atoms with Crippen LogP contribution in [-0.2, 0) is 4.79 Å². The lowest BCUT2D eigenvalue weighted by molar-refractivity contribution is -0.383. The number of benzene rings is 1. The van der Waals surface area contributed by atoms with Crippen LogP contribution in [-0.4, -0.2) is 17.4 Å². The van der Waals surface area contributed by atoms with Gasteiger partial charge in [0.15, 0.2) is 0 Å². The van der Waals surface area contributed by atoms with Crippen molar-refractivity contribution in [1.29, 1.82) is 0 Å². The van der Waals surface area contributed by atoms with Crippen LogP contribution in [0.2, 0.25) is 0 Å². The van der Waals surface area contributed by atoms with Gasteiger partial charge in [0.25, 0.3) is 5.69 Å². The molecule has 0 fully saturated rings. The van der Waals surface area contributed by atoms with Crippen molar-refractivity contribution in [2.45, 2.75) is 13.8 Å². The zero-order valence-electron chi connectivity index (χ0n) is 9.77. The fourth-order valence-electron chi connectivity index (χ4n) is 1.12. The molecule has 0 bridgehead atoms. The summed E-state index contributed by atoms with van der Waals surface area (Å²) in [7, 11) is 0. The molecule has 0 aliphatic carbocycles. The van der Waals surface area contributed by atoms with Crippen LogP contribution in [0, 0.1) is 15.5 Å². The number of carbonyl (C=O) groups is 1. The summed E-state index contributed by atoms with van der Waals surface area (Å²) in [6.45, 7) is 3.52. The van der Waals surface area contributed by atoms with Gasteiger partial charge in [-0.05, 0) is 19.9 Å². The quantitative estimate of drug-likeness (QED) is 0.612. The molecular weight excluding hydrogens is 222 g/mol. The van der Waals surface area contributed by atoms with E-state index in [1.807, 2.05) is 0 Å². The second-order valence-corrected chi connectivity index (χ2v) is 4.32. The van der Waals surface area contributed by atoms with Crippen LogP contribution < -0.4 is 11.1 Å². The smallest absolute Gasteiger partial charge is 0.292 e. The molecule has 0 unspecified atom stereocenters. The largest absolute Gasteiger partial charge is 0.329 e. The zero-order chi connectivity index (χ0) is 13.1. The predicted octanol–water partition coefficient (Wildman–Crippen LogP) is 1.52. The average Bonchev–Trinajstić information content (AvgIpc) is 2.29. The third kappa shape index (κ3) is 3.01. The SMILES string of the molecule is CC(C)(CN)C(=O)Nc1ccccc1[N+](=O)[O-]. The molecule has 17 heavy (non-hydrogen) atoms. The van der Waals surface area contributed by atoms with Gasteiger partial charge >= 0.3 is 0 Å². The van der Waals surface area contributed by atoms with E-state index < -0.39 is 10.3 Å². The Morgan fingerprint density at radius 1 is 1.47 bits per heavy atom. The van der Waals surface area contributed by atoms with Crippen LogP contribution in [0.5, 0.6) is 0 Å². The molecule has 6 heteroatoms. The van der Waals surface area contributed by atoms with Gasteiger partial charge in [-0.15, -0.1) is 0 Å². The molecule has 0 spiro atoms. The Morgan fingerprint density at radius 2 is 2.06 bits per heavy atom. The van der Waals surface area contributed by atoms with Crippen LogP contribution in [0.3, 0.4) is 0 Å². The molecule has 1 aromatic rings.